The number of nitrogens with one attached hydrogen (secondary N) is 1. The molecule has 1 fully saturated rings. The largest absolute Gasteiger partial charge is 0.296 e. The van der Waals surface area contributed by atoms with Crippen LogP contribution in [0.2, 0.25) is 5.02 Å². The minimum absolute atomic E-state index is 0.194. The Morgan fingerprint density at radius 2 is 1.59 bits per heavy atom. The van der Waals surface area contributed by atoms with Crippen LogP contribution in [0.1, 0.15) is 29.9 Å². The Bertz CT molecular complexity index is 714. The number of benzene rings is 2. The van der Waals surface area contributed by atoms with Crippen molar-refractivity contribution in [2.45, 2.75) is 18.8 Å². The first-order valence-electron chi connectivity index (χ1n) is 7.23. The number of imide groups is 1. The molecular weight excluding hydrogens is 298 g/mol. The molecule has 22 heavy (non-hydrogen) atoms. The van der Waals surface area contributed by atoms with Gasteiger partial charge in [-0.2, -0.15) is 0 Å². The molecule has 1 N–H and O–H groups in total. The van der Waals surface area contributed by atoms with Gasteiger partial charge in [-0.15, -0.1) is 0 Å². The summed E-state index contributed by atoms with van der Waals surface area (Å²) in [7, 11) is 0. The maximum atomic E-state index is 12.5. The van der Waals surface area contributed by atoms with Gasteiger partial charge in [-0.05, 0) is 23.3 Å². The van der Waals surface area contributed by atoms with Gasteiger partial charge in [-0.3, -0.25) is 14.9 Å². The molecule has 1 saturated heterocycles. The predicted octanol–water partition coefficient (Wildman–Crippen LogP) is 3.50. The van der Waals surface area contributed by atoms with Gasteiger partial charge in [0.1, 0.15) is 0 Å². The summed E-state index contributed by atoms with van der Waals surface area (Å²) in [5.41, 5.74) is 1.82. The van der Waals surface area contributed by atoms with Crippen LogP contribution in [0.4, 0.5) is 0 Å². The van der Waals surface area contributed by atoms with Gasteiger partial charge in [-0.25, -0.2) is 0 Å². The molecule has 3 nitrogen and oxygen atoms in total. The van der Waals surface area contributed by atoms with E-state index in [1.165, 1.54) is 0 Å². The van der Waals surface area contributed by atoms with Crippen molar-refractivity contribution in [1.82, 2.24) is 5.32 Å². The monoisotopic (exact) mass is 313 g/mol. The molecule has 2 amide bonds. The van der Waals surface area contributed by atoms with Gasteiger partial charge >= 0.3 is 0 Å². The zero-order valence-corrected chi connectivity index (χ0v) is 12.9. The third-order valence-corrected chi connectivity index (χ3v) is 4.47. The van der Waals surface area contributed by atoms with Crippen molar-refractivity contribution in [2.75, 3.05) is 0 Å². The molecule has 2 aromatic carbocycles. The lowest BCUT2D eigenvalue weighted by Crippen LogP contribution is -2.48. The summed E-state index contributed by atoms with van der Waals surface area (Å²) in [6.45, 7) is 1.86. The van der Waals surface area contributed by atoms with Gasteiger partial charge in [-0.1, -0.05) is 61.0 Å². The van der Waals surface area contributed by atoms with E-state index in [2.05, 4.69) is 5.32 Å². The lowest BCUT2D eigenvalue weighted by Gasteiger charge is -2.35. The topological polar surface area (TPSA) is 46.2 Å². The summed E-state index contributed by atoms with van der Waals surface area (Å²) in [6.07, 6.45) is 0. The average molecular weight is 314 g/mol. The number of hydrogen-bond acceptors (Lipinski definition) is 2. The molecular formula is C18H16ClNO2. The number of carbonyl (C=O) groups is 2. The maximum Gasteiger partial charge on any atom is 0.234 e. The molecule has 1 aliphatic heterocycles. The fourth-order valence-corrected chi connectivity index (χ4v) is 3.34. The van der Waals surface area contributed by atoms with Crippen LogP contribution in [0.25, 0.3) is 0 Å². The molecule has 1 aliphatic rings. The minimum Gasteiger partial charge on any atom is -0.296 e. The second kappa shape index (κ2) is 5.93. The van der Waals surface area contributed by atoms with Crippen molar-refractivity contribution < 1.29 is 9.59 Å². The van der Waals surface area contributed by atoms with E-state index in [0.717, 1.165) is 11.1 Å². The summed E-state index contributed by atoms with van der Waals surface area (Å²) in [5, 5.41) is 3.06. The van der Waals surface area contributed by atoms with Crippen LogP contribution in [0, 0.1) is 5.92 Å². The third-order valence-electron chi connectivity index (χ3n) is 4.23. The van der Waals surface area contributed by atoms with Gasteiger partial charge in [0, 0.05) is 16.9 Å². The standard InChI is InChI=1S/C18H16ClNO2/c1-11-15(12-6-3-2-4-7-12)16(18(22)20-17(11)21)13-8-5-9-14(19)10-13/h2-11,15-16H,1H3,(H,20,21,22). The Balaban J connectivity index is 2.11. The summed E-state index contributed by atoms with van der Waals surface area (Å²) >= 11 is 6.07. The molecule has 4 heteroatoms. The predicted molar refractivity (Wildman–Crippen MR) is 85.7 cm³/mol. The molecule has 0 radical (unpaired) electrons. The van der Waals surface area contributed by atoms with Crippen LogP contribution in [0.5, 0.6) is 0 Å². The van der Waals surface area contributed by atoms with Gasteiger partial charge in [0.15, 0.2) is 0 Å². The van der Waals surface area contributed by atoms with E-state index >= 15 is 0 Å². The van der Waals surface area contributed by atoms with Crippen molar-refractivity contribution in [3.63, 3.8) is 0 Å². The molecule has 112 valence electrons. The highest BCUT2D eigenvalue weighted by Gasteiger charge is 2.42. The Kier molecular flexibility index (Phi) is 3.99. The van der Waals surface area contributed by atoms with E-state index in [9.17, 15) is 9.59 Å². The molecule has 0 aromatic heterocycles. The highest BCUT2D eigenvalue weighted by Crippen LogP contribution is 2.41. The lowest BCUT2D eigenvalue weighted by molar-refractivity contribution is -0.138. The highest BCUT2D eigenvalue weighted by molar-refractivity contribution is 6.30. The average Bonchev–Trinajstić information content (AvgIpc) is 2.51. The van der Waals surface area contributed by atoms with Crippen molar-refractivity contribution in [3.05, 3.63) is 70.7 Å². The van der Waals surface area contributed by atoms with Gasteiger partial charge < -0.3 is 0 Å². The Hall–Kier alpha value is -2.13. The summed E-state index contributed by atoms with van der Waals surface area (Å²) in [6, 6.07) is 17.0. The Morgan fingerprint density at radius 1 is 0.909 bits per heavy atom. The minimum atomic E-state index is -0.422. The number of carbonyl (C=O) groups excluding carboxylic acids is 2. The fourth-order valence-electron chi connectivity index (χ4n) is 3.14. The fraction of sp³-hybridized carbons (Fsp3) is 0.222. The Morgan fingerprint density at radius 3 is 2.27 bits per heavy atom. The second-order valence-electron chi connectivity index (χ2n) is 5.61. The maximum absolute atomic E-state index is 12.5. The van der Waals surface area contributed by atoms with Crippen molar-refractivity contribution >= 4 is 23.4 Å². The van der Waals surface area contributed by atoms with Gasteiger partial charge in [0.25, 0.3) is 0 Å². The first-order valence-corrected chi connectivity index (χ1v) is 7.61. The van der Waals surface area contributed by atoms with Crippen LogP contribution in [-0.4, -0.2) is 11.8 Å². The first-order chi connectivity index (χ1) is 10.6. The highest BCUT2D eigenvalue weighted by atomic mass is 35.5. The van der Waals surface area contributed by atoms with E-state index in [0.29, 0.717) is 5.02 Å². The summed E-state index contributed by atoms with van der Waals surface area (Å²) in [4.78, 5) is 24.5. The zero-order chi connectivity index (χ0) is 15.7. The van der Waals surface area contributed by atoms with E-state index < -0.39 is 5.92 Å². The van der Waals surface area contributed by atoms with Crippen molar-refractivity contribution in [2.24, 2.45) is 5.92 Å². The Labute approximate surface area is 134 Å². The molecule has 0 aliphatic carbocycles. The van der Waals surface area contributed by atoms with Crippen molar-refractivity contribution in [3.8, 4) is 0 Å². The van der Waals surface area contributed by atoms with Crippen LogP contribution < -0.4 is 5.32 Å². The SMILES string of the molecule is CC1C(=O)NC(=O)C(c2cccc(Cl)c2)C1c1ccccc1. The molecule has 1 heterocycles. The number of rotatable bonds is 2. The number of halogens is 1. The lowest BCUT2D eigenvalue weighted by atomic mass is 9.71. The normalized spacial score (nSPS) is 24.9. The number of amides is 2. The molecule has 3 unspecified atom stereocenters. The molecule has 0 saturated carbocycles. The summed E-state index contributed by atoms with van der Waals surface area (Å²) < 4.78 is 0. The molecule has 0 spiro atoms. The van der Waals surface area contributed by atoms with Crippen molar-refractivity contribution in [1.29, 1.82) is 0 Å². The van der Waals surface area contributed by atoms with E-state index in [4.69, 9.17) is 11.6 Å². The summed E-state index contributed by atoms with van der Waals surface area (Å²) in [5.74, 6) is -1.39. The molecule has 3 rings (SSSR count). The van der Waals surface area contributed by atoms with Crippen LogP contribution in [0.15, 0.2) is 54.6 Å². The van der Waals surface area contributed by atoms with Crippen LogP contribution >= 0.6 is 11.6 Å². The van der Waals surface area contributed by atoms with Gasteiger partial charge in [0.2, 0.25) is 11.8 Å². The van der Waals surface area contributed by atoms with E-state index in [1.807, 2.05) is 49.4 Å². The first kappa shape index (κ1) is 14.8. The number of piperidine rings is 1. The van der Waals surface area contributed by atoms with E-state index in [1.54, 1.807) is 12.1 Å². The second-order valence-corrected chi connectivity index (χ2v) is 6.05. The van der Waals surface area contributed by atoms with E-state index in [-0.39, 0.29) is 23.7 Å². The van der Waals surface area contributed by atoms with Crippen LogP contribution in [0.3, 0.4) is 0 Å². The number of hydrogen-bond donors (Lipinski definition) is 1. The third kappa shape index (κ3) is 2.64. The molecule has 3 atom stereocenters. The zero-order valence-electron chi connectivity index (χ0n) is 12.1. The quantitative estimate of drug-likeness (QED) is 0.863. The molecule has 2 aromatic rings. The molecule has 0 bridgehead atoms. The van der Waals surface area contributed by atoms with Gasteiger partial charge in [0.05, 0.1) is 5.92 Å². The smallest absolute Gasteiger partial charge is 0.234 e. The van der Waals surface area contributed by atoms with Crippen LogP contribution in [-0.2, 0) is 9.59 Å².